The molecule has 0 aromatic heterocycles. The fourth-order valence-electron chi connectivity index (χ4n) is 3.67. The predicted molar refractivity (Wildman–Crippen MR) is 143 cm³/mol. The van der Waals surface area contributed by atoms with E-state index in [0.717, 1.165) is 18.2 Å². The third kappa shape index (κ3) is 7.22. The number of amides is 3. The molecule has 3 aromatic rings. The number of halogens is 3. The maximum absolute atomic E-state index is 12.9. The summed E-state index contributed by atoms with van der Waals surface area (Å²) in [4.78, 5) is 48.7. The number of nitro groups is 1. The van der Waals surface area contributed by atoms with E-state index < -0.39 is 40.3 Å². The lowest BCUT2D eigenvalue weighted by Crippen LogP contribution is -2.36. The van der Waals surface area contributed by atoms with Crippen molar-refractivity contribution in [2.24, 2.45) is 0 Å². The van der Waals surface area contributed by atoms with E-state index in [-0.39, 0.29) is 22.9 Å². The summed E-state index contributed by atoms with van der Waals surface area (Å²) in [6.07, 6.45) is -3.17. The monoisotopic (exact) mass is 587 g/mol. The van der Waals surface area contributed by atoms with Crippen molar-refractivity contribution in [2.45, 2.75) is 12.8 Å². The summed E-state index contributed by atoms with van der Waals surface area (Å²) in [6.45, 7) is -0.577. The molecule has 3 aromatic carbocycles. The van der Waals surface area contributed by atoms with E-state index >= 15 is 0 Å². The zero-order valence-corrected chi connectivity index (χ0v) is 22.0. The number of hydrogen-bond donors (Lipinski definition) is 1. The van der Waals surface area contributed by atoms with Gasteiger partial charge >= 0.3 is 6.18 Å². The van der Waals surface area contributed by atoms with Gasteiger partial charge in [0, 0.05) is 17.8 Å². The minimum atomic E-state index is -4.60. The van der Waals surface area contributed by atoms with Crippen molar-refractivity contribution in [3.63, 3.8) is 0 Å². The van der Waals surface area contributed by atoms with Crippen LogP contribution in [0.25, 0.3) is 6.08 Å². The van der Waals surface area contributed by atoms with Crippen LogP contribution in [0, 0.1) is 10.1 Å². The molecular formula is C27H20F3N3O7S. The lowest BCUT2D eigenvalue weighted by Gasteiger charge is -2.13. The number of nitrogens with one attached hydrogen (secondary N) is 1. The van der Waals surface area contributed by atoms with E-state index in [1.54, 1.807) is 30.3 Å². The Hall–Kier alpha value is -4.85. The smallest absolute Gasteiger partial charge is 0.416 e. The number of thioether (sulfide) groups is 1. The molecule has 0 unspecified atom stereocenters. The second-order valence-corrected chi connectivity index (χ2v) is 9.51. The first kappa shape index (κ1) is 29.1. The van der Waals surface area contributed by atoms with Crippen LogP contribution < -0.4 is 14.8 Å². The highest BCUT2D eigenvalue weighted by atomic mass is 32.2. The number of benzene rings is 3. The molecule has 10 nitrogen and oxygen atoms in total. The van der Waals surface area contributed by atoms with Crippen molar-refractivity contribution < 1.29 is 42.0 Å². The van der Waals surface area contributed by atoms with Gasteiger partial charge in [-0.2, -0.15) is 13.2 Å². The van der Waals surface area contributed by atoms with Gasteiger partial charge in [0.05, 0.1) is 22.5 Å². The summed E-state index contributed by atoms with van der Waals surface area (Å²) in [5, 5.41) is 12.4. The van der Waals surface area contributed by atoms with E-state index in [2.05, 4.69) is 5.32 Å². The van der Waals surface area contributed by atoms with E-state index in [4.69, 9.17) is 9.47 Å². The number of non-ortho nitro benzene ring substituents is 1. The van der Waals surface area contributed by atoms with Crippen LogP contribution in [0.4, 0.5) is 29.3 Å². The number of hydrogen-bond acceptors (Lipinski definition) is 8. The Morgan fingerprint density at radius 2 is 1.80 bits per heavy atom. The van der Waals surface area contributed by atoms with Crippen LogP contribution in [0.5, 0.6) is 11.5 Å². The number of methoxy groups -OCH3 is 1. The summed E-state index contributed by atoms with van der Waals surface area (Å²) >= 11 is 0.609. The van der Waals surface area contributed by atoms with Gasteiger partial charge in [-0.3, -0.25) is 29.4 Å². The van der Waals surface area contributed by atoms with E-state index in [1.807, 2.05) is 0 Å². The quantitative estimate of drug-likeness (QED) is 0.187. The van der Waals surface area contributed by atoms with Gasteiger partial charge in [0.25, 0.3) is 16.8 Å². The van der Waals surface area contributed by atoms with Crippen molar-refractivity contribution in [3.05, 3.63) is 98.4 Å². The largest absolute Gasteiger partial charge is 0.493 e. The van der Waals surface area contributed by atoms with Crippen LogP contribution >= 0.6 is 11.8 Å². The SMILES string of the molecule is COc1cc(/C=C2\SC(=O)N(CC(=O)Nc3cccc(C(F)(F)F)c3)C2=O)ccc1OCc1ccc([N+](=O)[O-])cc1. The maximum atomic E-state index is 12.9. The average molecular weight is 588 g/mol. The van der Waals surface area contributed by atoms with Crippen LogP contribution in [0.2, 0.25) is 0 Å². The molecule has 1 aliphatic heterocycles. The second kappa shape index (κ2) is 12.1. The fraction of sp³-hybridized carbons (Fsp3) is 0.148. The van der Waals surface area contributed by atoms with E-state index in [1.165, 1.54) is 31.4 Å². The molecule has 41 heavy (non-hydrogen) atoms. The Labute approximate surface area is 234 Å². The van der Waals surface area contributed by atoms with Gasteiger partial charge in [0.1, 0.15) is 13.2 Å². The molecule has 14 heteroatoms. The number of ether oxygens (including phenoxy) is 2. The van der Waals surface area contributed by atoms with Crippen LogP contribution in [0.15, 0.2) is 71.6 Å². The molecule has 0 spiro atoms. The molecule has 1 heterocycles. The number of anilines is 1. The molecule has 1 saturated heterocycles. The summed E-state index contributed by atoms with van der Waals surface area (Å²) in [5.41, 5.74) is 0.0466. The van der Waals surface area contributed by atoms with Crippen LogP contribution in [-0.2, 0) is 22.4 Å². The number of carbonyl (C=O) groups is 3. The van der Waals surface area contributed by atoms with Crippen molar-refractivity contribution in [3.8, 4) is 11.5 Å². The van der Waals surface area contributed by atoms with Crippen LogP contribution in [0.3, 0.4) is 0 Å². The summed E-state index contributed by atoms with van der Waals surface area (Å²) in [7, 11) is 1.41. The van der Waals surface area contributed by atoms with Crippen LogP contribution in [-0.4, -0.2) is 40.5 Å². The fourth-order valence-corrected chi connectivity index (χ4v) is 4.51. The molecule has 1 N–H and O–H groups in total. The predicted octanol–water partition coefficient (Wildman–Crippen LogP) is 5.88. The molecule has 0 bridgehead atoms. The Morgan fingerprint density at radius 3 is 2.46 bits per heavy atom. The van der Waals surface area contributed by atoms with Gasteiger partial charge in [-0.05, 0) is 71.4 Å². The van der Waals surface area contributed by atoms with Crippen LogP contribution in [0.1, 0.15) is 16.7 Å². The number of rotatable bonds is 9. The minimum absolute atomic E-state index is 0.0310. The molecule has 0 aliphatic carbocycles. The first-order valence-corrected chi connectivity index (χ1v) is 12.5. The van der Waals surface area contributed by atoms with E-state index in [9.17, 15) is 37.7 Å². The highest BCUT2D eigenvalue weighted by Crippen LogP contribution is 2.35. The number of nitro benzene ring substituents is 1. The topological polar surface area (TPSA) is 128 Å². The van der Waals surface area contributed by atoms with Gasteiger partial charge in [-0.15, -0.1) is 0 Å². The Balaban J connectivity index is 1.41. The summed E-state index contributed by atoms with van der Waals surface area (Å²) in [6, 6.07) is 14.6. The van der Waals surface area contributed by atoms with Crippen molar-refractivity contribution in [1.82, 2.24) is 4.90 Å². The summed E-state index contributed by atoms with van der Waals surface area (Å²) in [5.74, 6) is -0.900. The maximum Gasteiger partial charge on any atom is 0.416 e. The van der Waals surface area contributed by atoms with Crippen molar-refractivity contribution >= 4 is 46.3 Å². The first-order valence-electron chi connectivity index (χ1n) is 11.7. The molecule has 212 valence electrons. The molecule has 4 rings (SSSR count). The first-order chi connectivity index (χ1) is 19.4. The third-order valence-electron chi connectivity index (χ3n) is 5.68. The molecule has 0 radical (unpaired) electrons. The molecule has 1 aliphatic rings. The number of carbonyl (C=O) groups excluding carboxylic acids is 3. The van der Waals surface area contributed by atoms with Gasteiger partial charge in [-0.25, -0.2) is 0 Å². The van der Waals surface area contributed by atoms with Gasteiger partial charge in [-0.1, -0.05) is 12.1 Å². The normalized spacial score (nSPS) is 14.3. The summed E-state index contributed by atoms with van der Waals surface area (Å²) < 4.78 is 49.9. The van der Waals surface area contributed by atoms with Gasteiger partial charge in [0.2, 0.25) is 5.91 Å². The highest BCUT2D eigenvalue weighted by molar-refractivity contribution is 8.18. The number of imide groups is 1. The number of nitrogens with zero attached hydrogens (tertiary/aromatic N) is 2. The molecule has 0 atom stereocenters. The Kier molecular flexibility index (Phi) is 8.62. The lowest BCUT2D eigenvalue weighted by atomic mass is 10.1. The zero-order valence-electron chi connectivity index (χ0n) is 21.1. The Morgan fingerprint density at radius 1 is 1.07 bits per heavy atom. The second-order valence-electron chi connectivity index (χ2n) is 8.52. The molecule has 0 saturated carbocycles. The van der Waals surface area contributed by atoms with Gasteiger partial charge < -0.3 is 14.8 Å². The number of alkyl halides is 3. The Bertz CT molecular complexity index is 1540. The average Bonchev–Trinajstić information content (AvgIpc) is 3.19. The lowest BCUT2D eigenvalue weighted by molar-refractivity contribution is -0.384. The molecular weight excluding hydrogens is 567 g/mol. The van der Waals surface area contributed by atoms with Gasteiger partial charge in [0.15, 0.2) is 11.5 Å². The zero-order chi connectivity index (χ0) is 29.7. The van der Waals surface area contributed by atoms with E-state index in [0.29, 0.717) is 39.3 Å². The highest BCUT2D eigenvalue weighted by Gasteiger charge is 2.36. The molecule has 3 amide bonds. The van der Waals surface area contributed by atoms with Crippen molar-refractivity contribution in [2.75, 3.05) is 19.0 Å². The molecule has 1 fully saturated rings. The minimum Gasteiger partial charge on any atom is -0.493 e. The standard InChI is InChI=1S/C27H20F3N3O7S/c1-39-22-11-17(7-10-21(22)40-15-16-5-8-20(9-6-16)33(37)38)12-23-25(35)32(26(36)41-23)14-24(34)31-19-4-2-3-18(13-19)27(28,29)30/h2-13H,14-15H2,1H3,(H,31,34)/b23-12-. The van der Waals surface area contributed by atoms with Crippen molar-refractivity contribution in [1.29, 1.82) is 0 Å². The third-order valence-corrected chi connectivity index (χ3v) is 6.58.